The zero-order chi connectivity index (χ0) is 20.4. The van der Waals surface area contributed by atoms with Crippen LogP contribution in [0.1, 0.15) is 16.8 Å². The maximum Gasteiger partial charge on any atom is 0.155 e. The highest BCUT2D eigenvalue weighted by atomic mass is 19.1. The Labute approximate surface area is 169 Å². The molecular formula is C21H25FN6O. The summed E-state index contributed by atoms with van der Waals surface area (Å²) in [6.45, 7) is 6.10. The smallest absolute Gasteiger partial charge is 0.155 e. The van der Waals surface area contributed by atoms with E-state index in [1.165, 1.54) is 17.3 Å². The van der Waals surface area contributed by atoms with Gasteiger partial charge in [-0.2, -0.15) is 5.10 Å². The molecule has 1 saturated heterocycles. The second kappa shape index (κ2) is 8.26. The quantitative estimate of drug-likeness (QED) is 0.713. The monoisotopic (exact) mass is 396 g/mol. The Morgan fingerprint density at radius 1 is 1.07 bits per heavy atom. The normalized spacial score (nSPS) is 15.1. The average Bonchev–Trinajstić information content (AvgIpc) is 3.06. The number of halogens is 1. The fourth-order valence-electron chi connectivity index (χ4n) is 3.65. The number of piperazine rings is 1. The molecule has 2 aromatic heterocycles. The molecule has 1 aliphatic heterocycles. The summed E-state index contributed by atoms with van der Waals surface area (Å²) in [6.07, 6.45) is 5.23. The molecule has 0 spiro atoms. The lowest BCUT2D eigenvalue weighted by Crippen LogP contribution is -2.46. The van der Waals surface area contributed by atoms with Gasteiger partial charge in [0.05, 0.1) is 12.8 Å². The van der Waals surface area contributed by atoms with E-state index < -0.39 is 5.82 Å². The molecule has 3 aromatic rings. The number of aryl methyl sites for hydroxylation is 1. The molecule has 8 heteroatoms. The first-order valence-electron chi connectivity index (χ1n) is 9.72. The van der Waals surface area contributed by atoms with Crippen LogP contribution in [-0.2, 0) is 20.2 Å². The SMILES string of the molecule is Cc1c(CN2CCN(c3nccnc3-c3ccc(CO)c(F)c3)CC2)cnn1C. The fourth-order valence-corrected chi connectivity index (χ4v) is 3.65. The molecule has 7 nitrogen and oxygen atoms in total. The van der Waals surface area contributed by atoms with Gasteiger partial charge in [0.25, 0.3) is 0 Å². The molecule has 0 saturated carbocycles. The topological polar surface area (TPSA) is 70.3 Å². The molecule has 0 radical (unpaired) electrons. The van der Waals surface area contributed by atoms with Crippen LogP contribution in [-0.4, -0.2) is 55.9 Å². The van der Waals surface area contributed by atoms with E-state index in [1.807, 2.05) is 17.9 Å². The summed E-state index contributed by atoms with van der Waals surface area (Å²) in [4.78, 5) is 13.6. The molecule has 1 aliphatic rings. The van der Waals surface area contributed by atoms with Crippen molar-refractivity contribution in [3.63, 3.8) is 0 Å². The highest BCUT2D eigenvalue weighted by Crippen LogP contribution is 2.29. The van der Waals surface area contributed by atoms with Gasteiger partial charge in [0, 0.05) is 74.5 Å². The zero-order valence-electron chi connectivity index (χ0n) is 16.7. The van der Waals surface area contributed by atoms with E-state index in [1.54, 1.807) is 24.5 Å². The minimum atomic E-state index is -0.432. The van der Waals surface area contributed by atoms with Crippen molar-refractivity contribution in [3.8, 4) is 11.3 Å². The molecule has 0 atom stereocenters. The minimum absolute atomic E-state index is 0.276. The van der Waals surface area contributed by atoms with Crippen molar-refractivity contribution >= 4 is 5.82 Å². The second-order valence-corrected chi connectivity index (χ2v) is 7.33. The van der Waals surface area contributed by atoms with E-state index in [9.17, 15) is 9.50 Å². The summed E-state index contributed by atoms with van der Waals surface area (Å²) < 4.78 is 16.1. The molecule has 152 valence electrons. The van der Waals surface area contributed by atoms with Gasteiger partial charge in [0.1, 0.15) is 11.5 Å². The Kier molecular flexibility index (Phi) is 5.55. The first-order valence-corrected chi connectivity index (χ1v) is 9.72. The highest BCUT2D eigenvalue weighted by molar-refractivity contribution is 5.72. The molecule has 29 heavy (non-hydrogen) atoms. The van der Waals surface area contributed by atoms with Crippen molar-refractivity contribution in [2.45, 2.75) is 20.1 Å². The third-order valence-corrected chi connectivity index (χ3v) is 5.58. The van der Waals surface area contributed by atoms with Gasteiger partial charge in [-0.25, -0.2) is 9.37 Å². The summed E-state index contributed by atoms with van der Waals surface area (Å²) >= 11 is 0. The number of aromatic nitrogens is 4. The number of nitrogens with zero attached hydrogens (tertiary/aromatic N) is 6. The van der Waals surface area contributed by atoms with Crippen LogP contribution in [0.4, 0.5) is 10.2 Å². The first kappa shape index (κ1) is 19.5. The van der Waals surface area contributed by atoms with Crippen LogP contribution in [0.2, 0.25) is 0 Å². The standard InChI is InChI=1S/C21H25FN6O/c1-15-18(12-25-26(15)2)13-27-7-9-28(10-8-27)21-20(23-5-6-24-21)16-3-4-17(14-29)19(22)11-16/h3-6,11-12,29H,7-10,13-14H2,1-2H3. The first-order chi connectivity index (χ1) is 14.1. The van der Waals surface area contributed by atoms with Crippen molar-refractivity contribution in [1.29, 1.82) is 0 Å². The minimum Gasteiger partial charge on any atom is -0.392 e. The van der Waals surface area contributed by atoms with E-state index in [4.69, 9.17) is 0 Å². The summed E-state index contributed by atoms with van der Waals surface area (Å²) in [5, 5.41) is 13.5. The molecule has 0 aliphatic carbocycles. The van der Waals surface area contributed by atoms with E-state index >= 15 is 0 Å². The Balaban J connectivity index is 1.49. The fraction of sp³-hybridized carbons (Fsp3) is 0.381. The van der Waals surface area contributed by atoms with Crippen LogP contribution in [0, 0.1) is 12.7 Å². The van der Waals surface area contributed by atoms with E-state index in [0.29, 0.717) is 11.3 Å². The average molecular weight is 396 g/mol. The Hall–Kier alpha value is -2.84. The summed E-state index contributed by atoms with van der Waals surface area (Å²) in [6, 6.07) is 4.79. The number of hydrogen-bond acceptors (Lipinski definition) is 6. The lowest BCUT2D eigenvalue weighted by Gasteiger charge is -2.35. The van der Waals surface area contributed by atoms with E-state index in [0.717, 1.165) is 38.5 Å². The molecule has 1 fully saturated rings. The van der Waals surface area contributed by atoms with Gasteiger partial charge < -0.3 is 10.0 Å². The molecule has 0 bridgehead atoms. The van der Waals surface area contributed by atoms with Gasteiger partial charge in [0.15, 0.2) is 5.82 Å². The van der Waals surface area contributed by atoms with Crippen molar-refractivity contribution < 1.29 is 9.50 Å². The maximum atomic E-state index is 14.2. The predicted octanol–water partition coefficient (Wildman–Crippen LogP) is 2.14. The number of aliphatic hydroxyl groups is 1. The van der Waals surface area contributed by atoms with Crippen molar-refractivity contribution in [2.75, 3.05) is 31.1 Å². The number of benzene rings is 1. The van der Waals surface area contributed by atoms with Crippen LogP contribution in [0.15, 0.2) is 36.8 Å². The Morgan fingerprint density at radius 3 is 2.48 bits per heavy atom. The van der Waals surface area contributed by atoms with Crippen LogP contribution >= 0.6 is 0 Å². The van der Waals surface area contributed by atoms with Crippen molar-refractivity contribution in [3.05, 3.63) is 59.4 Å². The second-order valence-electron chi connectivity index (χ2n) is 7.33. The maximum absolute atomic E-state index is 14.2. The number of aliphatic hydroxyl groups excluding tert-OH is 1. The zero-order valence-corrected chi connectivity index (χ0v) is 16.7. The molecule has 1 N–H and O–H groups in total. The molecule has 3 heterocycles. The number of hydrogen-bond donors (Lipinski definition) is 1. The lowest BCUT2D eigenvalue weighted by atomic mass is 10.1. The van der Waals surface area contributed by atoms with E-state index in [-0.39, 0.29) is 12.2 Å². The number of anilines is 1. The molecular weight excluding hydrogens is 371 g/mol. The van der Waals surface area contributed by atoms with Gasteiger partial charge in [0.2, 0.25) is 0 Å². The van der Waals surface area contributed by atoms with Crippen LogP contribution in [0.3, 0.4) is 0 Å². The molecule has 1 aromatic carbocycles. The predicted molar refractivity (Wildman–Crippen MR) is 109 cm³/mol. The van der Waals surface area contributed by atoms with Gasteiger partial charge in [-0.1, -0.05) is 12.1 Å². The lowest BCUT2D eigenvalue weighted by molar-refractivity contribution is 0.249. The summed E-state index contributed by atoms with van der Waals surface area (Å²) in [5.74, 6) is 0.333. The number of rotatable bonds is 5. The van der Waals surface area contributed by atoms with Gasteiger partial charge in [-0.3, -0.25) is 14.6 Å². The van der Waals surface area contributed by atoms with E-state index in [2.05, 4.69) is 31.8 Å². The van der Waals surface area contributed by atoms with Gasteiger partial charge in [-0.05, 0) is 13.0 Å². The van der Waals surface area contributed by atoms with Crippen LogP contribution in [0.5, 0.6) is 0 Å². The van der Waals surface area contributed by atoms with Crippen LogP contribution < -0.4 is 4.90 Å². The Bertz CT molecular complexity index is 997. The van der Waals surface area contributed by atoms with Crippen molar-refractivity contribution in [2.24, 2.45) is 7.05 Å². The molecule has 0 amide bonds. The third kappa shape index (κ3) is 3.99. The largest absolute Gasteiger partial charge is 0.392 e. The molecule has 0 unspecified atom stereocenters. The third-order valence-electron chi connectivity index (χ3n) is 5.58. The van der Waals surface area contributed by atoms with Crippen molar-refractivity contribution in [1.82, 2.24) is 24.6 Å². The summed E-state index contributed by atoms with van der Waals surface area (Å²) in [5.41, 5.74) is 4.04. The van der Waals surface area contributed by atoms with Gasteiger partial charge in [-0.15, -0.1) is 0 Å². The Morgan fingerprint density at radius 2 is 1.83 bits per heavy atom. The molecule has 4 rings (SSSR count). The van der Waals surface area contributed by atoms with Crippen LogP contribution in [0.25, 0.3) is 11.3 Å². The van der Waals surface area contributed by atoms with Gasteiger partial charge >= 0.3 is 0 Å². The summed E-state index contributed by atoms with van der Waals surface area (Å²) in [7, 11) is 1.96. The highest BCUT2D eigenvalue weighted by Gasteiger charge is 2.22.